The van der Waals surface area contributed by atoms with E-state index >= 15 is 0 Å². The van der Waals surface area contributed by atoms with Crippen LogP contribution in [0.15, 0.2) is 101 Å². The minimum absolute atomic E-state index is 0.299. The first-order valence-corrected chi connectivity index (χ1v) is 13.2. The van der Waals surface area contributed by atoms with Crippen molar-refractivity contribution >= 4 is 51.3 Å². The lowest BCUT2D eigenvalue weighted by Gasteiger charge is -2.14. The molecule has 40 heavy (non-hydrogen) atoms. The molecule has 8 nitrogen and oxygen atoms in total. The van der Waals surface area contributed by atoms with Gasteiger partial charge in [0.25, 0.3) is 11.5 Å². The van der Waals surface area contributed by atoms with E-state index in [0.29, 0.717) is 43.0 Å². The highest BCUT2D eigenvalue weighted by Gasteiger charge is 2.15. The molecule has 0 fully saturated rings. The SMILES string of the molecule is COc1cc(C=Nn2c(-c3ccccc3)nc3ccccc3c2=O)cc(I)c1OCC(=O)Nc1cccc(F)c1. The minimum atomic E-state index is -0.454. The highest BCUT2D eigenvalue weighted by Crippen LogP contribution is 2.33. The Hall–Kier alpha value is -4.58. The monoisotopic (exact) mass is 648 g/mol. The Labute approximate surface area is 242 Å². The van der Waals surface area contributed by atoms with Gasteiger partial charge >= 0.3 is 0 Å². The largest absolute Gasteiger partial charge is 0.493 e. The Morgan fingerprint density at radius 2 is 1.82 bits per heavy atom. The first-order valence-electron chi connectivity index (χ1n) is 12.1. The van der Waals surface area contributed by atoms with E-state index in [1.54, 1.807) is 36.4 Å². The number of carbonyl (C=O) groups is 1. The molecule has 0 atom stereocenters. The molecule has 0 radical (unpaired) electrons. The van der Waals surface area contributed by atoms with Crippen LogP contribution in [0.1, 0.15) is 5.56 Å². The van der Waals surface area contributed by atoms with Crippen molar-refractivity contribution in [3.05, 3.63) is 116 Å². The first kappa shape index (κ1) is 27.0. The third kappa shape index (κ3) is 6.01. The van der Waals surface area contributed by atoms with Crippen molar-refractivity contribution in [2.75, 3.05) is 19.0 Å². The lowest BCUT2D eigenvalue weighted by molar-refractivity contribution is -0.118. The van der Waals surface area contributed by atoms with Crippen molar-refractivity contribution in [3.63, 3.8) is 0 Å². The van der Waals surface area contributed by atoms with Crippen molar-refractivity contribution in [1.82, 2.24) is 9.66 Å². The van der Waals surface area contributed by atoms with Crippen molar-refractivity contribution < 1.29 is 18.7 Å². The number of methoxy groups -OCH3 is 1. The molecule has 5 rings (SSSR count). The number of ether oxygens (including phenoxy) is 2. The van der Waals surface area contributed by atoms with E-state index in [1.165, 1.54) is 36.2 Å². The molecule has 1 aromatic heterocycles. The third-order valence-electron chi connectivity index (χ3n) is 5.82. The summed E-state index contributed by atoms with van der Waals surface area (Å²) in [5.74, 6) is 0.241. The lowest BCUT2D eigenvalue weighted by atomic mass is 10.2. The number of benzene rings is 4. The van der Waals surface area contributed by atoms with Crippen LogP contribution in [0.5, 0.6) is 11.5 Å². The first-order chi connectivity index (χ1) is 19.4. The van der Waals surface area contributed by atoms with E-state index in [9.17, 15) is 14.0 Å². The van der Waals surface area contributed by atoms with E-state index in [0.717, 1.165) is 5.56 Å². The predicted octanol–water partition coefficient (Wildman–Crippen LogP) is 5.72. The van der Waals surface area contributed by atoms with E-state index in [1.807, 2.05) is 36.4 Å². The van der Waals surface area contributed by atoms with Crippen LogP contribution in [0.25, 0.3) is 22.3 Å². The van der Waals surface area contributed by atoms with Gasteiger partial charge in [-0.05, 0) is 70.6 Å². The number of rotatable bonds is 8. The molecular weight excluding hydrogens is 626 g/mol. The Bertz CT molecular complexity index is 1790. The Kier molecular flexibility index (Phi) is 8.15. The Balaban J connectivity index is 1.43. The van der Waals surface area contributed by atoms with Crippen molar-refractivity contribution in [2.24, 2.45) is 5.10 Å². The van der Waals surface area contributed by atoms with Crippen LogP contribution < -0.4 is 20.3 Å². The molecule has 0 aliphatic carbocycles. The molecule has 0 aliphatic rings. The molecule has 0 aliphatic heterocycles. The van der Waals surface area contributed by atoms with Gasteiger partial charge in [-0.25, -0.2) is 9.37 Å². The summed E-state index contributed by atoms with van der Waals surface area (Å²) in [5.41, 5.74) is 1.99. The molecule has 4 aromatic carbocycles. The number of anilines is 1. The normalized spacial score (nSPS) is 11.1. The zero-order chi connectivity index (χ0) is 28.1. The number of hydrogen-bond acceptors (Lipinski definition) is 6. The van der Waals surface area contributed by atoms with Gasteiger partial charge in [-0.1, -0.05) is 48.5 Å². The molecular formula is C30H22FIN4O4. The maximum Gasteiger partial charge on any atom is 0.282 e. The molecule has 0 saturated carbocycles. The molecule has 10 heteroatoms. The van der Waals surface area contributed by atoms with Crippen LogP contribution in [0.2, 0.25) is 0 Å². The number of halogens is 2. The number of fused-ring (bicyclic) bond motifs is 1. The smallest absolute Gasteiger partial charge is 0.282 e. The summed E-state index contributed by atoms with van der Waals surface area (Å²) in [4.78, 5) is 30.4. The lowest BCUT2D eigenvalue weighted by Crippen LogP contribution is -2.21. The zero-order valence-electron chi connectivity index (χ0n) is 21.2. The average molecular weight is 648 g/mol. The van der Waals surface area contributed by atoms with Crippen LogP contribution in [-0.2, 0) is 4.79 Å². The zero-order valence-corrected chi connectivity index (χ0v) is 23.3. The number of nitrogens with one attached hydrogen (secondary N) is 1. The van der Waals surface area contributed by atoms with Gasteiger partial charge in [-0.15, -0.1) is 0 Å². The van der Waals surface area contributed by atoms with Gasteiger partial charge in [-0.2, -0.15) is 9.78 Å². The third-order valence-corrected chi connectivity index (χ3v) is 6.62. The van der Waals surface area contributed by atoms with Crippen molar-refractivity contribution in [1.29, 1.82) is 0 Å². The second kappa shape index (κ2) is 12.1. The van der Waals surface area contributed by atoms with Gasteiger partial charge in [0, 0.05) is 11.3 Å². The van der Waals surface area contributed by atoms with Crippen LogP contribution in [-0.4, -0.2) is 35.5 Å². The molecule has 0 spiro atoms. The number of para-hydroxylation sites is 1. The fourth-order valence-electron chi connectivity index (χ4n) is 3.98. The van der Waals surface area contributed by atoms with Crippen molar-refractivity contribution in [2.45, 2.75) is 0 Å². The van der Waals surface area contributed by atoms with Gasteiger partial charge in [0.2, 0.25) is 0 Å². The van der Waals surface area contributed by atoms with E-state index in [4.69, 9.17) is 14.5 Å². The van der Waals surface area contributed by atoms with E-state index < -0.39 is 11.7 Å². The van der Waals surface area contributed by atoms with Gasteiger partial charge in [0.15, 0.2) is 23.9 Å². The number of carbonyl (C=O) groups excluding carboxylic acids is 1. The summed E-state index contributed by atoms with van der Waals surface area (Å²) < 4.78 is 26.6. The molecule has 0 unspecified atom stereocenters. The summed E-state index contributed by atoms with van der Waals surface area (Å²) in [6.45, 7) is -0.311. The average Bonchev–Trinajstić information content (AvgIpc) is 2.96. The fourth-order valence-corrected chi connectivity index (χ4v) is 4.77. The number of amides is 1. The van der Waals surface area contributed by atoms with Gasteiger partial charge < -0.3 is 14.8 Å². The summed E-state index contributed by atoms with van der Waals surface area (Å²) >= 11 is 2.07. The van der Waals surface area contributed by atoms with Gasteiger partial charge in [0.1, 0.15) is 5.82 Å². The summed E-state index contributed by atoms with van der Waals surface area (Å²) in [6.07, 6.45) is 1.54. The number of aromatic nitrogens is 2. The summed E-state index contributed by atoms with van der Waals surface area (Å²) in [7, 11) is 1.48. The summed E-state index contributed by atoms with van der Waals surface area (Å²) in [6, 6.07) is 25.6. The van der Waals surface area contributed by atoms with Crippen molar-refractivity contribution in [3.8, 4) is 22.9 Å². The van der Waals surface area contributed by atoms with Crippen LogP contribution in [0.4, 0.5) is 10.1 Å². The quantitative estimate of drug-likeness (QED) is 0.172. The highest BCUT2D eigenvalue weighted by molar-refractivity contribution is 14.1. The topological polar surface area (TPSA) is 94.8 Å². The molecule has 1 N–H and O–H groups in total. The maximum absolute atomic E-state index is 13.4. The predicted molar refractivity (Wildman–Crippen MR) is 161 cm³/mol. The molecule has 5 aromatic rings. The Morgan fingerprint density at radius 1 is 1.05 bits per heavy atom. The van der Waals surface area contributed by atoms with Gasteiger partial charge in [0.05, 0.1) is 27.8 Å². The van der Waals surface area contributed by atoms with E-state index in [2.05, 4.69) is 33.0 Å². The summed E-state index contributed by atoms with van der Waals surface area (Å²) in [5, 5.41) is 7.54. The molecule has 1 heterocycles. The second-order valence-electron chi connectivity index (χ2n) is 8.56. The molecule has 0 bridgehead atoms. The standard InChI is InChI=1S/C30H22FIN4O4/c1-39-26-15-19(14-24(32)28(26)40-18-27(37)34-22-11-7-10-21(31)16-22)17-33-36-29(20-8-3-2-4-9-20)35-25-13-6-5-12-23(25)30(36)38/h2-17H,18H2,1H3,(H,34,37). The number of hydrogen-bond donors (Lipinski definition) is 1. The molecule has 200 valence electrons. The maximum atomic E-state index is 13.4. The van der Waals surface area contributed by atoms with Crippen LogP contribution in [0.3, 0.4) is 0 Å². The highest BCUT2D eigenvalue weighted by atomic mass is 127. The number of nitrogens with zero attached hydrogens (tertiary/aromatic N) is 3. The molecule has 0 saturated heterocycles. The van der Waals surface area contributed by atoms with Crippen LogP contribution in [0, 0.1) is 9.39 Å². The van der Waals surface area contributed by atoms with Gasteiger partial charge in [-0.3, -0.25) is 9.59 Å². The molecule has 1 amide bonds. The minimum Gasteiger partial charge on any atom is -0.493 e. The second-order valence-corrected chi connectivity index (χ2v) is 9.72. The van der Waals surface area contributed by atoms with Crippen LogP contribution >= 0.6 is 22.6 Å². The fraction of sp³-hybridized carbons (Fsp3) is 0.0667. The Morgan fingerprint density at radius 3 is 2.60 bits per heavy atom. The van der Waals surface area contributed by atoms with E-state index in [-0.39, 0.29) is 12.2 Å².